The Labute approximate surface area is 147 Å². The summed E-state index contributed by atoms with van der Waals surface area (Å²) in [6.45, 7) is 0.590. The number of anilines is 1. The molecule has 0 aromatic heterocycles. The van der Waals surface area contributed by atoms with Crippen LogP contribution in [0.4, 0.5) is 5.69 Å². The lowest BCUT2D eigenvalue weighted by atomic mass is 10.1. The first-order valence-corrected chi connectivity index (χ1v) is 8.43. The molecule has 25 heavy (non-hydrogen) atoms. The lowest BCUT2D eigenvalue weighted by Gasteiger charge is -2.25. The van der Waals surface area contributed by atoms with E-state index in [1.807, 2.05) is 48.5 Å². The van der Waals surface area contributed by atoms with Crippen molar-refractivity contribution in [3.05, 3.63) is 66.2 Å². The fourth-order valence-corrected chi connectivity index (χ4v) is 3.16. The molecule has 1 N–H and O–H groups in total. The SMILES string of the molecule is CN(C(=O)CC(O)c1ccccc1)C1CCN(c2ccccc2)C1=O. The van der Waals surface area contributed by atoms with E-state index in [1.54, 1.807) is 24.1 Å². The average molecular weight is 338 g/mol. The maximum atomic E-state index is 12.7. The van der Waals surface area contributed by atoms with Gasteiger partial charge in [-0.1, -0.05) is 48.5 Å². The zero-order chi connectivity index (χ0) is 17.8. The summed E-state index contributed by atoms with van der Waals surface area (Å²) in [6, 6.07) is 18.1. The Morgan fingerprint density at radius 2 is 1.76 bits per heavy atom. The third-order valence-electron chi connectivity index (χ3n) is 4.66. The number of aliphatic hydroxyl groups excluding tert-OH is 1. The second-order valence-electron chi connectivity index (χ2n) is 6.27. The second kappa shape index (κ2) is 7.49. The summed E-state index contributed by atoms with van der Waals surface area (Å²) in [6.07, 6.45) is -0.301. The molecule has 5 nitrogen and oxygen atoms in total. The number of para-hydroxylation sites is 1. The molecule has 1 fully saturated rings. The summed E-state index contributed by atoms with van der Waals surface area (Å²) in [4.78, 5) is 28.4. The Hall–Kier alpha value is -2.66. The van der Waals surface area contributed by atoms with E-state index in [1.165, 1.54) is 4.90 Å². The molecule has 0 saturated carbocycles. The minimum atomic E-state index is -0.863. The molecule has 1 saturated heterocycles. The Morgan fingerprint density at radius 1 is 1.16 bits per heavy atom. The molecule has 1 aliphatic heterocycles. The smallest absolute Gasteiger partial charge is 0.249 e. The van der Waals surface area contributed by atoms with E-state index in [2.05, 4.69) is 0 Å². The molecule has 1 aliphatic rings. The van der Waals surface area contributed by atoms with E-state index < -0.39 is 12.1 Å². The van der Waals surface area contributed by atoms with Crippen molar-refractivity contribution in [1.82, 2.24) is 4.90 Å². The maximum Gasteiger partial charge on any atom is 0.249 e. The van der Waals surface area contributed by atoms with Gasteiger partial charge in [-0.15, -0.1) is 0 Å². The number of benzene rings is 2. The van der Waals surface area contributed by atoms with Gasteiger partial charge in [0.1, 0.15) is 6.04 Å². The van der Waals surface area contributed by atoms with Crippen LogP contribution in [0.25, 0.3) is 0 Å². The van der Waals surface area contributed by atoms with Gasteiger partial charge in [0.25, 0.3) is 0 Å². The minimum Gasteiger partial charge on any atom is -0.388 e. The highest BCUT2D eigenvalue weighted by atomic mass is 16.3. The molecule has 2 unspecified atom stereocenters. The second-order valence-corrected chi connectivity index (χ2v) is 6.27. The van der Waals surface area contributed by atoms with Crippen LogP contribution in [0.3, 0.4) is 0 Å². The van der Waals surface area contributed by atoms with E-state index in [0.29, 0.717) is 18.5 Å². The predicted octanol–water partition coefficient (Wildman–Crippen LogP) is 2.37. The Kier molecular flexibility index (Phi) is 5.14. The van der Waals surface area contributed by atoms with Crippen LogP contribution < -0.4 is 4.90 Å². The van der Waals surface area contributed by atoms with Gasteiger partial charge >= 0.3 is 0 Å². The van der Waals surface area contributed by atoms with Gasteiger partial charge in [0.15, 0.2) is 0 Å². The van der Waals surface area contributed by atoms with Gasteiger partial charge in [0.05, 0.1) is 12.5 Å². The van der Waals surface area contributed by atoms with E-state index in [4.69, 9.17) is 0 Å². The highest BCUT2D eigenvalue weighted by Crippen LogP contribution is 2.25. The van der Waals surface area contributed by atoms with Gasteiger partial charge in [-0.2, -0.15) is 0 Å². The lowest BCUT2D eigenvalue weighted by molar-refractivity contribution is -0.138. The highest BCUT2D eigenvalue weighted by molar-refractivity contribution is 6.01. The van der Waals surface area contributed by atoms with Crippen molar-refractivity contribution in [2.75, 3.05) is 18.5 Å². The summed E-state index contributed by atoms with van der Waals surface area (Å²) >= 11 is 0. The van der Waals surface area contributed by atoms with Crippen LogP contribution in [0.15, 0.2) is 60.7 Å². The molecule has 0 bridgehead atoms. The number of hydrogen-bond acceptors (Lipinski definition) is 3. The van der Waals surface area contributed by atoms with Crippen LogP contribution in [-0.2, 0) is 9.59 Å². The van der Waals surface area contributed by atoms with Gasteiger partial charge in [-0.3, -0.25) is 9.59 Å². The number of aliphatic hydroxyl groups is 1. The molecule has 2 aromatic rings. The third-order valence-corrected chi connectivity index (χ3v) is 4.66. The zero-order valence-electron chi connectivity index (χ0n) is 14.2. The number of carbonyl (C=O) groups is 2. The standard InChI is InChI=1S/C20H22N2O3/c1-21(19(24)14-18(23)15-8-4-2-5-9-15)17-12-13-22(20(17)25)16-10-6-3-7-11-16/h2-11,17-18,23H,12-14H2,1H3. The molecule has 0 radical (unpaired) electrons. The quantitative estimate of drug-likeness (QED) is 0.910. The first kappa shape index (κ1) is 17.2. The minimum absolute atomic E-state index is 0.0321. The normalized spacial score (nSPS) is 18.2. The Morgan fingerprint density at radius 3 is 2.40 bits per heavy atom. The monoisotopic (exact) mass is 338 g/mol. The summed E-state index contributed by atoms with van der Waals surface area (Å²) in [5.41, 5.74) is 1.55. The molecular weight excluding hydrogens is 316 g/mol. The van der Waals surface area contributed by atoms with Gasteiger partial charge in [0, 0.05) is 19.3 Å². The zero-order valence-corrected chi connectivity index (χ0v) is 14.2. The van der Waals surface area contributed by atoms with Gasteiger partial charge < -0.3 is 14.9 Å². The summed E-state index contributed by atoms with van der Waals surface area (Å²) in [5.74, 6) is -0.305. The maximum absolute atomic E-state index is 12.7. The van der Waals surface area contributed by atoms with Crippen molar-refractivity contribution in [3.63, 3.8) is 0 Å². The molecule has 130 valence electrons. The third kappa shape index (κ3) is 3.72. The number of hydrogen-bond donors (Lipinski definition) is 1. The largest absolute Gasteiger partial charge is 0.388 e. The fraction of sp³-hybridized carbons (Fsp3) is 0.300. The van der Waals surface area contributed by atoms with Crippen LogP contribution in [0.2, 0.25) is 0 Å². The Bertz CT molecular complexity index is 733. The average Bonchev–Trinajstić information content (AvgIpc) is 3.03. The number of rotatable bonds is 5. The fourth-order valence-electron chi connectivity index (χ4n) is 3.16. The van der Waals surface area contributed by atoms with Gasteiger partial charge in [-0.05, 0) is 24.1 Å². The first-order chi connectivity index (χ1) is 12.1. The number of amides is 2. The van der Waals surface area contributed by atoms with Crippen LogP contribution in [0.1, 0.15) is 24.5 Å². The highest BCUT2D eigenvalue weighted by Gasteiger charge is 2.37. The van der Waals surface area contributed by atoms with Crippen molar-refractivity contribution in [3.8, 4) is 0 Å². The van der Waals surface area contributed by atoms with Crippen LogP contribution >= 0.6 is 0 Å². The van der Waals surface area contributed by atoms with Crippen LogP contribution in [-0.4, -0.2) is 41.5 Å². The van der Waals surface area contributed by atoms with Gasteiger partial charge in [-0.25, -0.2) is 0 Å². The van der Waals surface area contributed by atoms with Crippen molar-refractivity contribution in [2.24, 2.45) is 0 Å². The van der Waals surface area contributed by atoms with E-state index in [0.717, 1.165) is 5.69 Å². The lowest BCUT2D eigenvalue weighted by Crippen LogP contribution is -2.43. The molecule has 1 heterocycles. The van der Waals surface area contributed by atoms with Crippen LogP contribution in [0.5, 0.6) is 0 Å². The summed E-state index contributed by atoms with van der Waals surface area (Å²) in [7, 11) is 1.64. The Balaban J connectivity index is 1.64. The number of carbonyl (C=O) groups excluding carboxylic acids is 2. The predicted molar refractivity (Wildman–Crippen MR) is 96.0 cm³/mol. The molecule has 0 aliphatic carbocycles. The van der Waals surface area contributed by atoms with E-state index in [-0.39, 0.29) is 18.2 Å². The first-order valence-electron chi connectivity index (χ1n) is 8.43. The topological polar surface area (TPSA) is 60.9 Å². The molecule has 2 aromatic carbocycles. The molecule has 0 spiro atoms. The number of likely N-dealkylation sites (N-methyl/N-ethyl adjacent to an activating group) is 1. The van der Waals surface area contributed by atoms with Gasteiger partial charge in [0.2, 0.25) is 11.8 Å². The van der Waals surface area contributed by atoms with E-state index >= 15 is 0 Å². The van der Waals surface area contributed by atoms with Crippen molar-refractivity contribution in [1.29, 1.82) is 0 Å². The molecule has 5 heteroatoms. The molecule has 3 rings (SSSR count). The molecular formula is C20H22N2O3. The molecule has 2 atom stereocenters. The van der Waals surface area contributed by atoms with Crippen molar-refractivity contribution in [2.45, 2.75) is 25.0 Å². The molecule has 2 amide bonds. The summed E-state index contributed by atoms with van der Waals surface area (Å²) < 4.78 is 0. The van der Waals surface area contributed by atoms with Crippen molar-refractivity contribution < 1.29 is 14.7 Å². The van der Waals surface area contributed by atoms with Crippen LogP contribution in [0, 0.1) is 0 Å². The number of nitrogens with zero attached hydrogens (tertiary/aromatic N) is 2. The summed E-state index contributed by atoms with van der Waals surface area (Å²) in [5, 5.41) is 10.2. The van der Waals surface area contributed by atoms with E-state index in [9.17, 15) is 14.7 Å². The van der Waals surface area contributed by atoms with Crippen molar-refractivity contribution >= 4 is 17.5 Å².